The highest BCUT2D eigenvalue weighted by Gasteiger charge is 2.17. The molecule has 0 aliphatic heterocycles. The third-order valence-electron chi connectivity index (χ3n) is 2.76. The molecule has 0 bridgehead atoms. The van der Waals surface area contributed by atoms with Gasteiger partial charge in [0, 0.05) is 6.20 Å². The number of phenolic OH excluding ortho intramolecular Hbond substituents is 2. The molecule has 6 nitrogen and oxygen atoms in total. The molecule has 2 aromatic rings. The van der Waals surface area contributed by atoms with Gasteiger partial charge < -0.3 is 15.5 Å². The van der Waals surface area contributed by atoms with E-state index in [1.807, 2.05) is 35.6 Å². The van der Waals surface area contributed by atoms with E-state index in [1.165, 1.54) is 24.4 Å². The van der Waals surface area contributed by atoms with Crippen molar-refractivity contribution in [2.75, 3.05) is 0 Å². The van der Waals surface area contributed by atoms with Crippen LogP contribution in [0, 0.1) is 0 Å². The Labute approximate surface area is 126 Å². The van der Waals surface area contributed by atoms with Gasteiger partial charge in [-0.2, -0.15) is 0 Å². The Kier molecular flexibility index (Phi) is 4.77. The van der Waals surface area contributed by atoms with Crippen molar-refractivity contribution in [3.8, 4) is 11.5 Å². The quantitative estimate of drug-likeness (QED) is 0.698. The van der Waals surface area contributed by atoms with Crippen molar-refractivity contribution >= 4 is 18.0 Å². The van der Waals surface area contributed by atoms with Crippen molar-refractivity contribution in [3.05, 3.63) is 65.9 Å². The van der Waals surface area contributed by atoms with Crippen LogP contribution in [0.1, 0.15) is 15.9 Å². The Morgan fingerprint density at radius 2 is 1.55 bits per heavy atom. The predicted octanol–water partition coefficient (Wildman–Crippen LogP) is 2.21. The Bertz CT molecular complexity index is 691. The highest BCUT2D eigenvalue weighted by molar-refractivity contribution is 6.07. The summed E-state index contributed by atoms with van der Waals surface area (Å²) in [5.41, 5.74) is 0.525. The fraction of sp³-hybridized carbons (Fsp3) is 0. The summed E-state index contributed by atoms with van der Waals surface area (Å²) in [4.78, 5) is 23.4. The zero-order chi connectivity index (χ0) is 15.9. The Morgan fingerprint density at radius 1 is 0.909 bits per heavy atom. The molecular formula is C16H14N2O4. The maximum Gasteiger partial charge on any atom is 0.325 e. The first-order valence-electron chi connectivity index (χ1n) is 6.42. The number of nitrogens with one attached hydrogen (secondary N) is 2. The van der Waals surface area contributed by atoms with Gasteiger partial charge in [0.1, 0.15) is 17.1 Å². The molecule has 0 heterocycles. The molecule has 0 radical (unpaired) electrons. The molecule has 0 aliphatic rings. The average molecular weight is 298 g/mol. The minimum Gasteiger partial charge on any atom is -0.507 e. The largest absolute Gasteiger partial charge is 0.507 e. The van der Waals surface area contributed by atoms with Gasteiger partial charge in [0.2, 0.25) is 0 Å². The number of rotatable bonds is 3. The van der Waals surface area contributed by atoms with Crippen LogP contribution in [0.3, 0.4) is 0 Å². The molecule has 0 saturated heterocycles. The van der Waals surface area contributed by atoms with Crippen molar-refractivity contribution in [2.45, 2.75) is 0 Å². The molecule has 0 spiro atoms. The molecular weight excluding hydrogens is 284 g/mol. The summed E-state index contributed by atoms with van der Waals surface area (Å²) < 4.78 is 0. The normalized spacial score (nSPS) is 10.4. The summed E-state index contributed by atoms with van der Waals surface area (Å²) in [7, 11) is 0. The van der Waals surface area contributed by atoms with Gasteiger partial charge in [-0.1, -0.05) is 36.4 Å². The molecule has 112 valence electrons. The number of carbonyl (C=O) groups is 2. The lowest BCUT2D eigenvalue weighted by Crippen LogP contribution is -2.37. The molecule has 6 heteroatoms. The predicted molar refractivity (Wildman–Crippen MR) is 81.2 cm³/mol. The number of hydrogen-bond acceptors (Lipinski definition) is 4. The third-order valence-corrected chi connectivity index (χ3v) is 2.76. The zero-order valence-corrected chi connectivity index (χ0v) is 11.5. The first kappa shape index (κ1) is 15.1. The number of hydrogen-bond donors (Lipinski definition) is 4. The number of benzene rings is 2. The van der Waals surface area contributed by atoms with E-state index in [9.17, 15) is 19.8 Å². The topological polar surface area (TPSA) is 98.7 Å². The molecule has 22 heavy (non-hydrogen) atoms. The number of amides is 3. The lowest BCUT2D eigenvalue weighted by Gasteiger charge is -2.07. The third kappa shape index (κ3) is 3.86. The number of imide groups is 1. The Hall–Kier alpha value is -3.28. The van der Waals surface area contributed by atoms with E-state index in [0.717, 1.165) is 5.56 Å². The van der Waals surface area contributed by atoms with Crippen LogP contribution >= 0.6 is 0 Å². The van der Waals surface area contributed by atoms with Crippen molar-refractivity contribution in [1.29, 1.82) is 0 Å². The highest BCUT2D eigenvalue weighted by atomic mass is 16.3. The smallest absolute Gasteiger partial charge is 0.325 e. The maximum absolute atomic E-state index is 11.8. The molecule has 0 aliphatic carbocycles. The van der Waals surface area contributed by atoms with Gasteiger partial charge >= 0.3 is 6.03 Å². The first-order valence-corrected chi connectivity index (χ1v) is 6.42. The fourth-order valence-corrected chi connectivity index (χ4v) is 1.74. The van der Waals surface area contributed by atoms with Crippen molar-refractivity contribution in [3.63, 3.8) is 0 Å². The second-order valence-corrected chi connectivity index (χ2v) is 4.34. The zero-order valence-electron chi connectivity index (χ0n) is 11.5. The van der Waals surface area contributed by atoms with Crippen LogP contribution in [0.25, 0.3) is 6.08 Å². The summed E-state index contributed by atoms with van der Waals surface area (Å²) in [5.74, 6) is -1.73. The molecule has 0 unspecified atom stereocenters. The highest BCUT2D eigenvalue weighted by Crippen LogP contribution is 2.25. The van der Waals surface area contributed by atoms with Crippen LogP contribution in [0.4, 0.5) is 4.79 Å². The number of carbonyl (C=O) groups excluding carboxylic acids is 2. The first-order chi connectivity index (χ1) is 10.6. The summed E-state index contributed by atoms with van der Waals surface area (Å²) in [6, 6.07) is 12.3. The average Bonchev–Trinajstić information content (AvgIpc) is 2.48. The van der Waals surface area contributed by atoms with Crippen LogP contribution in [0.5, 0.6) is 11.5 Å². The van der Waals surface area contributed by atoms with E-state index in [4.69, 9.17) is 0 Å². The van der Waals surface area contributed by atoms with Crippen molar-refractivity contribution in [2.24, 2.45) is 0 Å². The SMILES string of the molecule is O=C(NC=Cc1ccccc1)NC(=O)c1c(O)cccc1O. The van der Waals surface area contributed by atoms with Crippen LogP contribution < -0.4 is 10.6 Å². The standard InChI is InChI=1S/C16H14N2O4/c19-12-7-4-8-13(20)14(12)15(21)18-16(22)17-10-9-11-5-2-1-3-6-11/h1-10,19-20H,(H2,17,18,21,22). The molecule has 2 rings (SSSR count). The molecule has 0 fully saturated rings. The molecule has 3 amide bonds. The van der Waals surface area contributed by atoms with Crippen LogP contribution in [0.15, 0.2) is 54.7 Å². The van der Waals surface area contributed by atoms with Gasteiger partial charge in [-0.15, -0.1) is 0 Å². The molecule has 4 N–H and O–H groups in total. The van der Waals surface area contributed by atoms with Gasteiger partial charge in [-0.3, -0.25) is 10.1 Å². The van der Waals surface area contributed by atoms with Crippen LogP contribution in [-0.2, 0) is 0 Å². The summed E-state index contributed by atoms with van der Waals surface area (Å²) in [5, 5.41) is 23.4. The van der Waals surface area contributed by atoms with Crippen LogP contribution in [-0.4, -0.2) is 22.2 Å². The van der Waals surface area contributed by atoms with E-state index >= 15 is 0 Å². The molecule has 2 aromatic carbocycles. The van der Waals surface area contributed by atoms with Gasteiger partial charge in [0.15, 0.2) is 0 Å². The Morgan fingerprint density at radius 3 is 2.18 bits per heavy atom. The summed E-state index contributed by atoms with van der Waals surface area (Å²) in [6.07, 6.45) is 3.03. The molecule has 0 atom stereocenters. The minimum absolute atomic E-state index is 0.357. The second-order valence-electron chi connectivity index (χ2n) is 4.34. The van der Waals surface area contributed by atoms with Gasteiger partial charge in [0.25, 0.3) is 5.91 Å². The van der Waals surface area contributed by atoms with E-state index in [-0.39, 0.29) is 5.56 Å². The molecule has 0 saturated carbocycles. The van der Waals surface area contributed by atoms with Gasteiger partial charge in [0.05, 0.1) is 0 Å². The maximum atomic E-state index is 11.8. The summed E-state index contributed by atoms with van der Waals surface area (Å²) >= 11 is 0. The summed E-state index contributed by atoms with van der Waals surface area (Å²) in [6.45, 7) is 0. The van der Waals surface area contributed by atoms with Crippen molar-refractivity contribution < 1.29 is 19.8 Å². The van der Waals surface area contributed by atoms with E-state index in [2.05, 4.69) is 5.32 Å². The minimum atomic E-state index is -0.902. The lowest BCUT2D eigenvalue weighted by molar-refractivity contribution is 0.0959. The second kappa shape index (κ2) is 6.94. The molecule has 0 aromatic heterocycles. The van der Waals surface area contributed by atoms with Gasteiger partial charge in [-0.05, 0) is 23.8 Å². The fourth-order valence-electron chi connectivity index (χ4n) is 1.74. The van der Waals surface area contributed by atoms with Gasteiger partial charge in [-0.25, -0.2) is 4.79 Å². The lowest BCUT2D eigenvalue weighted by atomic mass is 10.1. The van der Waals surface area contributed by atoms with E-state index in [1.54, 1.807) is 6.08 Å². The number of urea groups is 1. The Balaban J connectivity index is 1.95. The monoisotopic (exact) mass is 298 g/mol. The number of aromatic hydroxyl groups is 2. The van der Waals surface area contributed by atoms with Crippen molar-refractivity contribution in [1.82, 2.24) is 10.6 Å². The van der Waals surface area contributed by atoms with E-state index in [0.29, 0.717) is 0 Å². The van der Waals surface area contributed by atoms with E-state index < -0.39 is 23.4 Å². The van der Waals surface area contributed by atoms with Crippen LogP contribution in [0.2, 0.25) is 0 Å². The number of phenols is 2.